The third-order valence-electron chi connectivity index (χ3n) is 9.82. The summed E-state index contributed by atoms with van der Waals surface area (Å²) in [5, 5.41) is 4.15. The van der Waals surface area contributed by atoms with Crippen molar-refractivity contribution in [3.05, 3.63) is 194 Å². The fourth-order valence-corrected chi connectivity index (χ4v) is 7.58. The van der Waals surface area contributed by atoms with Crippen LogP contribution in [-0.4, -0.2) is 9.13 Å². The number of hydrogen-bond acceptors (Lipinski definition) is 0. The number of aromatic nitrogens is 2. The van der Waals surface area contributed by atoms with Gasteiger partial charge in [-0.25, -0.2) is 0 Å². The van der Waals surface area contributed by atoms with Crippen molar-refractivity contribution < 1.29 is 6.85 Å². The fraction of sp³-hybridized carbons (Fsp3) is 0. The van der Waals surface area contributed by atoms with Crippen LogP contribution in [0.5, 0.6) is 0 Å². The molecule has 234 valence electrons. The van der Waals surface area contributed by atoms with Gasteiger partial charge in [-0.05, 0) is 94.0 Å². The number of fused-ring (bicyclic) bond motifs is 6. The molecular formula is C48H32N2. The van der Waals surface area contributed by atoms with E-state index in [9.17, 15) is 0 Å². The van der Waals surface area contributed by atoms with Crippen LogP contribution < -0.4 is 0 Å². The topological polar surface area (TPSA) is 9.86 Å². The van der Waals surface area contributed by atoms with Crippen molar-refractivity contribution in [2.24, 2.45) is 0 Å². The molecule has 0 aliphatic heterocycles. The lowest BCUT2D eigenvalue weighted by molar-refractivity contribution is 1.17. The lowest BCUT2D eigenvalue weighted by Crippen LogP contribution is -1.95. The van der Waals surface area contributed by atoms with Crippen molar-refractivity contribution in [3.8, 4) is 44.8 Å². The zero-order chi connectivity index (χ0) is 37.4. The van der Waals surface area contributed by atoms with Crippen molar-refractivity contribution in [2.75, 3.05) is 0 Å². The Morgan fingerprint density at radius 3 is 1.50 bits per heavy atom. The monoisotopic (exact) mass is 641 g/mol. The van der Waals surface area contributed by atoms with E-state index in [1.807, 2.05) is 28.8 Å². The Labute approximate surface area is 297 Å². The molecule has 0 saturated carbocycles. The van der Waals surface area contributed by atoms with Gasteiger partial charge in [-0.1, -0.05) is 133 Å². The average molecular weight is 642 g/mol. The SMILES string of the molecule is [2H]c1c([2H])c([2H])c(-n2c3ccc(-c4ccc(-c5ccccc5)c(-c5ccccc5)c4)cc3c3cc(-n4c5ccccc5c5ccccc54)ccc32)c([2H])c1[2H]. The molecule has 0 N–H and O–H groups in total. The number of nitrogens with zero attached hydrogens (tertiary/aromatic N) is 2. The van der Waals surface area contributed by atoms with Gasteiger partial charge in [0.05, 0.1) is 28.9 Å². The fourth-order valence-electron chi connectivity index (χ4n) is 7.58. The molecule has 8 aromatic carbocycles. The van der Waals surface area contributed by atoms with Crippen molar-refractivity contribution in [2.45, 2.75) is 0 Å². The highest BCUT2D eigenvalue weighted by molar-refractivity contribution is 6.13. The predicted octanol–water partition coefficient (Wildman–Crippen LogP) is 12.9. The van der Waals surface area contributed by atoms with Gasteiger partial charge in [-0.2, -0.15) is 0 Å². The van der Waals surface area contributed by atoms with Gasteiger partial charge in [0.15, 0.2) is 0 Å². The number of benzene rings is 8. The summed E-state index contributed by atoms with van der Waals surface area (Å²) in [6, 6.07) is 55.1. The van der Waals surface area contributed by atoms with Crippen LogP contribution >= 0.6 is 0 Å². The summed E-state index contributed by atoms with van der Waals surface area (Å²) in [6.45, 7) is 0. The van der Waals surface area contributed by atoms with E-state index in [4.69, 9.17) is 6.85 Å². The van der Waals surface area contributed by atoms with Crippen LogP contribution in [0.2, 0.25) is 0 Å². The van der Waals surface area contributed by atoms with Gasteiger partial charge in [0.1, 0.15) is 0 Å². The first-order valence-electron chi connectivity index (χ1n) is 19.3. The standard InChI is InChI=1S/C48H32N2/c1-4-14-33(15-5-1)39-27-24-35(30-42(39)34-16-6-2-7-17-34)36-25-28-47-43(31-36)44-32-38(26-29-48(44)49(47)37-18-8-3-9-19-37)50-45-22-12-10-20-40(45)41-21-11-13-23-46(41)50/h1-32H/i3D,8D,9D,18D,19D. The Bertz CT molecular complexity index is 3060. The minimum absolute atomic E-state index is 0.127. The Morgan fingerprint density at radius 2 is 0.820 bits per heavy atom. The molecule has 0 aliphatic carbocycles. The van der Waals surface area contributed by atoms with Crippen LogP contribution in [0.3, 0.4) is 0 Å². The molecule has 2 nitrogen and oxygen atoms in total. The lowest BCUT2D eigenvalue weighted by atomic mass is 9.91. The van der Waals surface area contributed by atoms with E-state index < -0.39 is 6.04 Å². The summed E-state index contributed by atoms with van der Waals surface area (Å²) in [6.07, 6.45) is 0. The van der Waals surface area contributed by atoms with E-state index in [1.165, 1.54) is 0 Å². The van der Waals surface area contributed by atoms with Crippen LogP contribution in [0.4, 0.5) is 0 Å². The van der Waals surface area contributed by atoms with Crippen LogP contribution in [0, 0.1) is 0 Å². The molecule has 2 heteroatoms. The molecule has 2 heterocycles. The smallest absolute Gasteiger partial charge is 0.0645 e. The van der Waals surface area contributed by atoms with Crippen LogP contribution in [0.1, 0.15) is 6.85 Å². The maximum atomic E-state index is 8.97. The van der Waals surface area contributed by atoms with Crippen molar-refractivity contribution in [1.29, 1.82) is 0 Å². The highest BCUT2D eigenvalue weighted by Crippen LogP contribution is 2.40. The van der Waals surface area contributed by atoms with Gasteiger partial charge < -0.3 is 9.13 Å². The van der Waals surface area contributed by atoms with E-state index in [-0.39, 0.29) is 29.9 Å². The number of rotatable bonds is 5. The largest absolute Gasteiger partial charge is 0.309 e. The Morgan fingerprint density at radius 1 is 0.320 bits per heavy atom. The molecule has 2 aromatic heterocycles. The molecule has 0 aliphatic rings. The van der Waals surface area contributed by atoms with Gasteiger partial charge in [0.2, 0.25) is 0 Å². The molecule has 0 spiro atoms. The van der Waals surface area contributed by atoms with Crippen molar-refractivity contribution in [1.82, 2.24) is 9.13 Å². The average Bonchev–Trinajstić information content (AvgIpc) is 3.75. The predicted molar refractivity (Wildman–Crippen MR) is 211 cm³/mol. The lowest BCUT2D eigenvalue weighted by Gasteiger charge is -2.13. The summed E-state index contributed by atoms with van der Waals surface area (Å²) in [4.78, 5) is 0. The van der Waals surface area contributed by atoms with E-state index >= 15 is 0 Å². The number of para-hydroxylation sites is 3. The summed E-state index contributed by atoms with van der Waals surface area (Å²) < 4.78 is 47.4. The first-order valence-corrected chi connectivity index (χ1v) is 16.8. The van der Waals surface area contributed by atoms with E-state index in [0.29, 0.717) is 0 Å². The molecule has 0 unspecified atom stereocenters. The van der Waals surface area contributed by atoms with Crippen molar-refractivity contribution in [3.63, 3.8) is 0 Å². The minimum Gasteiger partial charge on any atom is -0.309 e. The molecule has 0 bridgehead atoms. The Balaban J connectivity index is 1.26. The first-order chi connectivity index (χ1) is 26.9. The molecule has 0 atom stereocenters. The maximum absolute atomic E-state index is 8.97. The highest BCUT2D eigenvalue weighted by Gasteiger charge is 2.18. The molecule has 10 rings (SSSR count). The molecule has 10 aromatic rings. The molecule has 50 heavy (non-hydrogen) atoms. The normalized spacial score (nSPS) is 13.0. The molecular weight excluding hydrogens is 605 g/mol. The van der Waals surface area contributed by atoms with Crippen LogP contribution in [-0.2, 0) is 0 Å². The van der Waals surface area contributed by atoms with E-state index in [0.717, 1.165) is 82.7 Å². The van der Waals surface area contributed by atoms with Crippen molar-refractivity contribution >= 4 is 43.6 Å². The van der Waals surface area contributed by atoms with Crippen LogP contribution in [0.25, 0.3) is 88.4 Å². The second-order valence-electron chi connectivity index (χ2n) is 12.6. The van der Waals surface area contributed by atoms with Gasteiger partial charge in [0, 0.05) is 32.9 Å². The zero-order valence-electron chi connectivity index (χ0n) is 32.0. The first kappa shape index (κ1) is 23.6. The quantitative estimate of drug-likeness (QED) is 0.177. The third kappa shape index (κ3) is 4.50. The van der Waals surface area contributed by atoms with Crippen LogP contribution in [0.15, 0.2) is 194 Å². The van der Waals surface area contributed by atoms with E-state index in [2.05, 4.69) is 144 Å². The summed E-state index contributed by atoms with van der Waals surface area (Å²) in [5.74, 6) is 0. The highest BCUT2D eigenvalue weighted by atomic mass is 15.0. The summed E-state index contributed by atoms with van der Waals surface area (Å²) >= 11 is 0. The Hall–Kier alpha value is -6.64. The second-order valence-corrected chi connectivity index (χ2v) is 12.6. The number of hydrogen-bond donors (Lipinski definition) is 0. The maximum Gasteiger partial charge on any atom is 0.0645 e. The van der Waals surface area contributed by atoms with Gasteiger partial charge in [0.25, 0.3) is 0 Å². The Kier molecular flexibility index (Phi) is 5.44. The molecule has 0 fully saturated rings. The summed E-state index contributed by atoms with van der Waals surface area (Å²) in [5.41, 5.74) is 11.4. The van der Waals surface area contributed by atoms with Gasteiger partial charge in [-0.15, -0.1) is 0 Å². The zero-order valence-corrected chi connectivity index (χ0v) is 27.0. The van der Waals surface area contributed by atoms with Gasteiger partial charge in [-0.3, -0.25) is 0 Å². The third-order valence-corrected chi connectivity index (χ3v) is 9.82. The summed E-state index contributed by atoms with van der Waals surface area (Å²) in [7, 11) is 0. The molecule has 0 amide bonds. The van der Waals surface area contributed by atoms with E-state index in [1.54, 1.807) is 0 Å². The van der Waals surface area contributed by atoms with Gasteiger partial charge >= 0.3 is 0 Å². The second kappa shape index (κ2) is 11.5. The minimum atomic E-state index is -0.413. The molecule has 0 saturated heterocycles. The molecule has 0 radical (unpaired) electrons.